The van der Waals surface area contributed by atoms with Crippen molar-refractivity contribution in [3.63, 3.8) is 0 Å². The van der Waals surface area contributed by atoms with Crippen LogP contribution in [0.4, 0.5) is 5.88 Å². The van der Waals surface area contributed by atoms with Gasteiger partial charge in [-0.1, -0.05) is 72.8 Å². The highest BCUT2D eigenvalue weighted by atomic mass is 16.5. The van der Waals surface area contributed by atoms with Crippen LogP contribution in [0.25, 0.3) is 0 Å². The van der Waals surface area contributed by atoms with Crippen molar-refractivity contribution in [1.29, 1.82) is 5.26 Å². The number of benzene rings is 3. The molecule has 0 spiro atoms. The zero-order chi connectivity index (χ0) is 21.5. The van der Waals surface area contributed by atoms with Gasteiger partial charge in [-0.3, -0.25) is 0 Å². The van der Waals surface area contributed by atoms with E-state index in [-0.39, 0.29) is 12.3 Å². The molecule has 0 saturated carbocycles. The molecule has 0 N–H and O–H groups in total. The maximum atomic E-state index is 9.69. The second-order valence-corrected chi connectivity index (χ2v) is 7.31. The first-order chi connectivity index (χ1) is 15.2. The van der Waals surface area contributed by atoms with E-state index in [1.54, 1.807) is 0 Å². The van der Waals surface area contributed by atoms with Crippen molar-refractivity contribution in [2.45, 2.75) is 26.6 Å². The maximum Gasteiger partial charge on any atom is 0.236 e. The Kier molecular flexibility index (Phi) is 6.29. The van der Waals surface area contributed by atoms with Crippen molar-refractivity contribution >= 4 is 5.88 Å². The summed E-state index contributed by atoms with van der Waals surface area (Å²) in [5.74, 6) is 1.57. The van der Waals surface area contributed by atoms with Gasteiger partial charge in [0.2, 0.25) is 17.5 Å². The molecule has 0 amide bonds. The van der Waals surface area contributed by atoms with E-state index in [4.69, 9.17) is 9.15 Å². The molecule has 0 saturated heterocycles. The molecule has 5 heteroatoms. The van der Waals surface area contributed by atoms with Crippen molar-refractivity contribution in [3.05, 3.63) is 113 Å². The van der Waals surface area contributed by atoms with Crippen LogP contribution in [0.1, 0.15) is 28.3 Å². The summed E-state index contributed by atoms with van der Waals surface area (Å²) in [5, 5.41) is 9.69. The number of oxazole rings is 1. The van der Waals surface area contributed by atoms with Gasteiger partial charge in [0.1, 0.15) is 11.8 Å². The second-order valence-electron chi connectivity index (χ2n) is 7.31. The molecule has 31 heavy (non-hydrogen) atoms. The highest BCUT2D eigenvalue weighted by Crippen LogP contribution is 2.26. The van der Waals surface area contributed by atoms with Crippen molar-refractivity contribution in [1.82, 2.24) is 4.98 Å². The van der Waals surface area contributed by atoms with Crippen LogP contribution < -0.4 is 9.64 Å². The fourth-order valence-corrected chi connectivity index (χ4v) is 3.36. The molecule has 0 bridgehead atoms. The lowest BCUT2D eigenvalue weighted by atomic mass is 10.1. The lowest BCUT2D eigenvalue weighted by Crippen LogP contribution is -2.22. The van der Waals surface area contributed by atoms with Crippen LogP contribution in [-0.2, 0) is 19.7 Å². The third-order valence-electron chi connectivity index (χ3n) is 4.83. The van der Waals surface area contributed by atoms with Gasteiger partial charge in [-0.05, 0) is 35.7 Å². The molecule has 0 aliphatic rings. The van der Waals surface area contributed by atoms with Crippen LogP contribution in [0.5, 0.6) is 5.75 Å². The van der Waals surface area contributed by atoms with Crippen LogP contribution in [0.15, 0.2) is 89.3 Å². The van der Waals surface area contributed by atoms with Crippen LogP contribution in [0.3, 0.4) is 0 Å². The first-order valence-electron chi connectivity index (χ1n) is 10.1. The minimum atomic E-state index is 0.155. The van der Waals surface area contributed by atoms with Crippen molar-refractivity contribution in [3.8, 4) is 11.8 Å². The van der Waals surface area contributed by atoms with Crippen LogP contribution in [0.2, 0.25) is 0 Å². The Bertz CT molecular complexity index is 1120. The Labute approximate surface area is 182 Å². The summed E-state index contributed by atoms with van der Waals surface area (Å²) >= 11 is 0. The van der Waals surface area contributed by atoms with Gasteiger partial charge in [-0.25, -0.2) is 0 Å². The van der Waals surface area contributed by atoms with Crippen LogP contribution in [0, 0.1) is 18.3 Å². The average Bonchev–Trinajstić information content (AvgIpc) is 3.22. The summed E-state index contributed by atoms with van der Waals surface area (Å²) < 4.78 is 11.8. The summed E-state index contributed by atoms with van der Waals surface area (Å²) in [5.41, 5.74) is 3.61. The molecule has 3 aromatic carbocycles. The minimum absolute atomic E-state index is 0.155. The lowest BCUT2D eigenvalue weighted by molar-refractivity contribution is 0.263. The topological polar surface area (TPSA) is 62.3 Å². The molecule has 0 fully saturated rings. The molecule has 1 heterocycles. The quantitative estimate of drug-likeness (QED) is 0.377. The Morgan fingerprint density at radius 1 is 0.903 bits per heavy atom. The van der Waals surface area contributed by atoms with Crippen molar-refractivity contribution in [2.24, 2.45) is 0 Å². The lowest BCUT2D eigenvalue weighted by Gasteiger charge is -2.22. The van der Waals surface area contributed by atoms with Crippen molar-refractivity contribution in [2.75, 3.05) is 4.90 Å². The summed E-state index contributed by atoms with van der Waals surface area (Å²) in [6.45, 7) is 3.35. The molecule has 4 rings (SSSR count). The standard InChI is InChI=1S/C26H23N3O2/c1-20-9-8-14-23(15-20)30-19-25-28-24(16-27)26(31-25)29(17-21-10-4-2-5-11-21)18-22-12-6-3-7-13-22/h2-15H,17-19H2,1H3. The minimum Gasteiger partial charge on any atom is -0.484 e. The Hall–Kier alpha value is -4.04. The summed E-state index contributed by atoms with van der Waals surface area (Å²) in [6.07, 6.45) is 0. The average molecular weight is 409 g/mol. The van der Waals surface area contributed by atoms with Crippen LogP contribution >= 0.6 is 0 Å². The summed E-state index contributed by atoms with van der Waals surface area (Å²) in [7, 11) is 0. The van der Waals surface area contributed by atoms with Gasteiger partial charge in [0, 0.05) is 13.1 Å². The number of rotatable bonds is 8. The Morgan fingerprint density at radius 3 is 2.13 bits per heavy atom. The normalized spacial score (nSPS) is 10.5. The van der Waals surface area contributed by atoms with E-state index in [2.05, 4.69) is 35.3 Å². The number of hydrogen-bond acceptors (Lipinski definition) is 5. The number of nitrogens with zero attached hydrogens (tertiary/aromatic N) is 3. The molecule has 0 aliphatic carbocycles. The molecule has 0 radical (unpaired) electrons. The number of aryl methyl sites for hydroxylation is 1. The molecule has 0 aliphatic heterocycles. The molecule has 0 unspecified atom stereocenters. The van der Waals surface area contributed by atoms with Crippen LogP contribution in [-0.4, -0.2) is 4.98 Å². The largest absolute Gasteiger partial charge is 0.484 e. The van der Waals surface area contributed by atoms with E-state index in [9.17, 15) is 5.26 Å². The maximum absolute atomic E-state index is 9.69. The van der Waals surface area contributed by atoms with Gasteiger partial charge >= 0.3 is 0 Å². The van der Waals surface area contributed by atoms with E-state index in [0.29, 0.717) is 24.9 Å². The second kappa shape index (κ2) is 9.64. The predicted octanol–water partition coefficient (Wildman–Crippen LogP) is 5.64. The molecule has 5 nitrogen and oxygen atoms in total. The van der Waals surface area contributed by atoms with E-state index in [0.717, 1.165) is 22.4 Å². The molecular formula is C26H23N3O2. The number of anilines is 1. The van der Waals surface area contributed by atoms with Gasteiger partial charge in [-0.2, -0.15) is 10.2 Å². The molecular weight excluding hydrogens is 386 g/mol. The van der Waals surface area contributed by atoms with E-state index in [1.165, 1.54) is 0 Å². The number of hydrogen-bond donors (Lipinski definition) is 0. The van der Waals surface area contributed by atoms with Gasteiger partial charge in [0.15, 0.2) is 6.61 Å². The van der Waals surface area contributed by atoms with Gasteiger partial charge in [0.25, 0.3) is 0 Å². The highest BCUT2D eigenvalue weighted by Gasteiger charge is 2.21. The Morgan fingerprint density at radius 2 is 1.55 bits per heavy atom. The molecule has 154 valence electrons. The fourth-order valence-electron chi connectivity index (χ4n) is 3.36. The SMILES string of the molecule is Cc1cccc(OCc2nc(C#N)c(N(Cc3ccccc3)Cc3ccccc3)o2)c1. The predicted molar refractivity (Wildman–Crippen MR) is 120 cm³/mol. The van der Waals surface area contributed by atoms with E-state index < -0.39 is 0 Å². The monoisotopic (exact) mass is 409 g/mol. The van der Waals surface area contributed by atoms with Crippen molar-refractivity contribution < 1.29 is 9.15 Å². The third kappa shape index (κ3) is 5.31. The zero-order valence-electron chi connectivity index (χ0n) is 17.4. The highest BCUT2D eigenvalue weighted by molar-refractivity contribution is 5.49. The van der Waals surface area contributed by atoms with E-state index >= 15 is 0 Å². The molecule has 1 aromatic heterocycles. The smallest absolute Gasteiger partial charge is 0.236 e. The Balaban J connectivity index is 1.59. The summed E-state index contributed by atoms with van der Waals surface area (Å²) in [4.78, 5) is 6.41. The molecule has 0 atom stereocenters. The fraction of sp³-hybridized carbons (Fsp3) is 0.154. The first-order valence-corrected chi connectivity index (χ1v) is 10.1. The molecule has 4 aromatic rings. The van der Waals surface area contributed by atoms with Gasteiger partial charge < -0.3 is 14.1 Å². The zero-order valence-corrected chi connectivity index (χ0v) is 17.4. The first kappa shape index (κ1) is 20.2. The number of ether oxygens (including phenoxy) is 1. The van der Waals surface area contributed by atoms with E-state index in [1.807, 2.05) is 72.5 Å². The summed E-state index contributed by atoms with van der Waals surface area (Å²) in [6, 6.07) is 30.2. The number of nitriles is 1. The van der Waals surface area contributed by atoms with Gasteiger partial charge in [0.05, 0.1) is 0 Å². The third-order valence-corrected chi connectivity index (χ3v) is 4.83. The number of aromatic nitrogens is 1. The van der Waals surface area contributed by atoms with Gasteiger partial charge in [-0.15, -0.1) is 0 Å².